The van der Waals surface area contributed by atoms with Gasteiger partial charge in [-0.05, 0) is 68.5 Å². The van der Waals surface area contributed by atoms with Crippen LogP contribution in [0.4, 0.5) is 10.5 Å². The summed E-state index contributed by atoms with van der Waals surface area (Å²) in [7, 11) is 0. The Bertz CT molecular complexity index is 1240. The molecular formula is C30H37N3O4. The highest BCUT2D eigenvalue weighted by Gasteiger charge is 2.27. The second-order valence-electron chi connectivity index (χ2n) is 10.7. The second kappa shape index (κ2) is 10.7. The Morgan fingerprint density at radius 3 is 2.32 bits per heavy atom. The van der Waals surface area contributed by atoms with Gasteiger partial charge in [0.25, 0.3) is 0 Å². The SMILES string of the molecule is Nc1c(-c2ccc(OC(=O)NC3CCCCC3)cc2)n(C2CCC2)c2cc(OC3CCOCC3)ccc12. The van der Waals surface area contributed by atoms with Gasteiger partial charge in [-0.15, -0.1) is 0 Å². The smallest absolute Gasteiger partial charge is 0.412 e. The first-order valence-corrected chi connectivity index (χ1v) is 13.9. The number of nitrogens with two attached hydrogens (primary N) is 1. The van der Waals surface area contributed by atoms with Crippen LogP contribution < -0.4 is 20.5 Å². The van der Waals surface area contributed by atoms with E-state index in [1.165, 1.54) is 25.7 Å². The summed E-state index contributed by atoms with van der Waals surface area (Å²) < 4.78 is 19.8. The van der Waals surface area contributed by atoms with Gasteiger partial charge in [0.1, 0.15) is 17.6 Å². The quantitative estimate of drug-likeness (QED) is 0.396. The van der Waals surface area contributed by atoms with E-state index in [2.05, 4.69) is 22.0 Å². The standard InChI is InChI=1S/C30H37N3O4/c31-28-26-14-13-25(36-24-15-17-35-18-16-24)19-27(26)33(22-7-4-8-22)29(28)20-9-11-23(12-10-20)37-30(34)32-21-5-2-1-3-6-21/h9-14,19,21-22,24H,1-8,15-18,31H2,(H,32,34). The molecule has 0 bridgehead atoms. The van der Waals surface area contributed by atoms with Crippen LogP contribution in [0, 0.1) is 0 Å². The first kappa shape index (κ1) is 24.2. The minimum atomic E-state index is -0.375. The van der Waals surface area contributed by atoms with E-state index < -0.39 is 0 Å². The minimum absolute atomic E-state index is 0.193. The van der Waals surface area contributed by atoms with E-state index in [-0.39, 0.29) is 18.2 Å². The summed E-state index contributed by atoms with van der Waals surface area (Å²) in [4.78, 5) is 12.4. The molecule has 2 saturated carbocycles. The first-order chi connectivity index (χ1) is 18.2. The fourth-order valence-electron chi connectivity index (χ4n) is 5.93. The van der Waals surface area contributed by atoms with Crippen LogP contribution in [0.25, 0.3) is 22.2 Å². The fraction of sp³-hybridized carbons (Fsp3) is 0.500. The number of rotatable bonds is 6. The van der Waals surface area contributed by atoms with Crippen LogP contribution in [0.15, 0.2) is 42.5 Å². The van der Waals surface area contributed by atoms with E-state index in [0.717, 1.165) is 85.3 Å². The molecule has 0 spiro atoms. The highest BCUT2D eigenvalue weighted by atomic mass is 16.6. The van der Waals surface area contributed by atoms with Crippen molar-refractivity contribution in [2.45, 2.75) is 82.4 Å². The average Bonchev–Trinajstić information content (AvgIpc) is 3.16. The predicted octanol–water partition coefficient (Wildman–Crippen LogP) is 6.59. The van der Waals surface area contributed by atoms with Crippen molar-refractivity contribution < 1.29 is 19.0 Å². The number of carbonyl (C=O) groups is 1. The van der Waals surface area contributed by atoms with Gasteiger partial charge in [0.2, 0.25) is 0 Å². The number of amides is 1. The molecule has 3 aliphatic rings. The summed E-state index contributed by atoms with van der Waals surface area (Å²) in [6.45, 7) is 1.51. The van der Waals surface area contributed by atoms with Gasteiger partial charge in [-0.2, -0.15) is 0 Å². The number of nitrogens with zero attached hydrogens (tertiary/aromatic N) is 1. The van der Waals surface area contributed by atoms with Crippen molar-refractivity contribution >= 4 is 22.7 Å². The molecule has 7 heteroatoms. The maximum atomic E-state index is 12.4. The number of ether oxygens (including phenoxy) is 3. The number of anilines is 1. The van der Waals surface area contributed by atoms with Gasteiger partial charge in [-0.3, -0.25) is 0 Å². The van der Waals surface area contributed by atoms with Gasteiger partial charge >= 0.3 is 6.09 Å². The third-order valence-electron chi connectivity index (χ3n) is 8.19. The lowest BCUT2D eigenvalue weighted by Gasteiger charge is -2.30. The zero-order valence-electron chi connectivity index (χ0n) is 21.4. The number of benzene rings is 2. The normalized spacial score (nSPS) is 19.5. The Hall–Kier alpha value is -3.19. The Balaban J connectivity index is 1.25. The molecule has 1 aromatic heterocycles. The highest BCUT2D eigenvalue weighted by Crippen LogP contribution is 2.45. The van der Waals surface area contributed by atoms with Crippen molar-refractivity contribution in [3.8, 4) is 22.8 Å². The molecule has 37 heavy (non-hydrogen) atoms. The molecule has 7 nitrogen and oxygen atoms in total. The molecule has 0 unspecified atom stereocenters. The predicted molar refractivity (Wildman–Crippen MR) is 145 cm³/mol. The zero-order chi connectivity index (χ0) is 25.2. The summed E-state index contributed by atoms with van der Waals surface area (Å²) in [5, 5.41) is 4.06. The van der Waals surface area contributed by atoms with Crippen molar-refractivity contribution in [3.63, 3.8) is 0 Å². The molecule has 1 aliphatic heterocycles. The van der Waals surface area contributed by atoms with Crippen molar-refractivity contribution in [1.82, 2.24) is 9.88 Å². The largest absolute Gasteiger partial charge is 0.490 e. The van der Waals surface area contributed by atoms with Crippen LogP contribution in [-0.2, 0) is 4.74 Å². The highest BCUT2D eigenvalue weighted by molar-refractivity contribution is 6.01. The van der Waals surface area contributed by atoms with Crippen molar-refractivity contribution in [2.24, 2.45) is 0 Å². The molecule has 2 heterocycles. The van der Waals surface area contributed by atoms with E-state index in [0.29, 0.717) is 11.8 Å². The number of hydrogen-bond acceptors (Lipinski definition) is 5. The van der Waals surface area contributed by atoms with Crippen molar-refractivity contribution in [2.75, 3.05) is 18.9 Å². The second-order valence-corrected chi connectivity index (χ2v) is 10.7. The molecule has 6 rings (SSSR count). The van der Waals surface area contributed by atoms with Gasteiger partial charge < -0.3 is 29.8 Å². The molecule has 1 saturated heterocycles. The maximum Gasteiger partial charge on any atom is 0.412 e. The molecule has 0 atom stereocenters. The molecule has 196 valence electrons. The Kier molecular flexibility index (Phi) is 6.96. The van der Waals surface area contributed by atoms with E-state index in [1.807, 2.05) is 30.3 Å². The first-order valence-electron chi connectivity index (χ1n) is 13.9. The fourth-order valence-corrected chi connectivity index (χ4v) is 5.93. The monoisotopic (exact) mass is 503 g/mol. The van der Waals surface area contributed by atoms with Gasteiger partial charge in [0.05, 0.1) is 30.1 Å². The third kappa shape index (κ3) is 5.14. The lowest BCUT2D eigenvalue weighted by atomic mass is 9.92. The van der Waals surface area contributed by atoms with E-state index in [4.69, 9.17) is 19.9 Å². The van der Waals surface area contributed by atoms with E-state index in [1.54, 1.807) is 0 Å². The molecule has 3 aromatic rings. The van der Waals surface area contributed by atoms with E-state index in [9.17, 15) is 4.79 Å². The van der Waals surface area contributed by atoms with Gasteiger partial charge in [-0.25, -0.2) is 4.79 Å². The van der Waals surface area contributed by atoms with Gasteiger partial charge in [0.15, 0.2) is 0 Å². The van der Waals surface area contributed by atoms with Crippen LogP contribution >= 0.6 is 0 Å². The maximum absolute atomic E-state index is 12.4. The van der Waals surface area contributed by atoms with Crippen LogP contribution in [-0.4, -0.2) is 36.0 Å². The minimum Gasteiger partial charge on any atom is -0.490 e. The van der Waals surface area contributed by atoms with Gasteiger partial charge in [0, 0.05) is 41.9 Å². The summed E-state index contributed by atoms with van der Waals surface area (Å²) >= 11 is 0. The molecule has 1 amide bonds. The van der Waals surface area contributed by atoms with Crippen LogP contribution in [0.1, 0.15) is 70.3 Å². The third-order valence-corrected chi connectivity index (χ3v) is 8.19. The van der Waals surface area contributed by atoms with Crippen LogP contribution in [0.3, 0.4) is 0 Å². The zero-order valence-corrected chi connectivity index (χ0v) is 21.4. The number of nitrogens with one attached hydrogen (secondary N) is 1. The van der Waals surface area contributed by atoms with E-state index >= 15 is 0 Å². The molecule has 3 N–H and O–H groups in total. The lowest BCUT2D eigenvalue weighted by molar-refractivity contribution is 0.0256. The topological polar surface area (TPSA) is 87.7 Å². The molecule has 0 radical (unpaired) electrons. The molecule has 2 aliphatic carbocycles. The number of carbonyl (C=O) groups excluding carboxylic acids is 1. The summed E-state index contributed by atoms with van der Waals surface area (Å²) in [6.07, 6.45) is 10.8. The number of fused-ring (bicyclic) bond motifs is 1. The molecular weight excluding hydrogens is 466 g/mol. The number of nitrogen functional groups attached to an aromatic ring is 1. The van der Waals surface area contributed by atoms with Crippen LogP contribution in [0.2, 0.25) is 0 Å². The Morgan fingerprint density at radius 1 is 0.892 bits per heavy atom. The number of aromatic nitrogens is 1. The van der Waals surface area contributed by atoms with Gasteiger partial charge in [-0.1, -0.05) is 19.3 Å². The summed E-state index contributed by atoms with van der Waals surface area (Å²) in [5.74, 6) is 1.42. The Labute approximate surface area is 218 Å². The average molecular weight is 504 g/mol. The van der Waals surface area contributed by atoms with Crippen LogP contribution in [0.5, 0.6) is 11.5 Å². The molecule has 3 fully saturated rings. The number of hydrogen-bond donors (Lipinski definition) is 2. The lowest BCUT2D eigenvalue weighted by Crippen LogP contribution is -2.37. The molecule has 2 aromatic carbocycles. The summed E-state index contributed by atoms with van der Waals surface area (Å²) in [6, 6.07) is 14.6. The van der Waals surface area contributed by atoms with Crippen molar-refractivity contribution in [3.05, 3.63) is 42.5 Å². The summed E-state index contributed by atoms with van der Waals surface area (Å²) in [5.41, 5.74) is 10.7. The van der Waals surface area contributed by atoms with Crippen molar-refractivity contribution in [1.29, 1.82) is 0 Å². The Morgan fingerprint density at radius 2 is 1.62 bits per heavy atom.